The Morgan fingerprint density at radius 3 is 2.27 bits per heavy atom. The Hall–Kier alpha value is -1.77. The van der Waals surface area contributed by atoms with E-state index >= 15 is 0 Å². The van der Waals surface area contributed by atoms with Gasteiger partial charge < -0.3 is 9.84 Å². The fourth-order valence-electron chi connectivity index (χ4n) is 1.57. The number of hydrogen-bond donors (Lipinski definition) is 1. The summed E-state index contributed by atoms with van der Waals surface area (Å²) in [7, 11) is 1.63. The summed E-state index contributed by atoms with van der Waals surface area (Å²) in [6, 6.07) is 3.79. The van der Waals surface area contributed by atoms with Crippen molar-refractivity contribution < 1.29 is 14.6 Å². The van der Waals surface area contributed by atoms with Gasteiger partial charge >= 0.3 is 5.97 Å². The van der Waals surface area contributed by atoms with Gasteiger partial charge in [-0.25, -0.2) is 4.79 Å². The molecule has 3 heteroatoms. The quantitative estimate of drug-likeness (QED) is 0.772. The Labute approximate surface area is 89.0 Å². The first-order valence-electron chi connectivity index (χ1n) is 4.61. The van der Waals surface area contributed by atoms with E-state index in [1.807, 2.05) is 26.0 Å². The second kappa shape index (κ2) is 4.64. The van der Waals surface area contributed by atoms with Gasteiger partial charge in [0, 0.05) is 6.08 Å². The molecule has 0 aliphatic rings. The number of rotatable bonds is 3. The number of aliphatic carboxylic acids is 1. The molecule has 0 amide bonds. The molecule has 1 N–H and O–H groups in total. The van der Waals surface area contributed by atoms with Gasteiger partial charge in [0.25, 0.3) is 0 Å². The standard InChI is InChI=1S/C12H14O3/c1-8-6-10(4-5-11(13)14)7-9(2)12(8)15-3/h4-7H,1-3H3,(H,13,14). The van der Waals surface area contributed by atoms with Gasteiger partial charge in [-0.05, 0) is 48.7 Å². The predicted octanol–water partition coefficient (Wildman–Crippen LogP) is 2.41. The normalized spacial score (nSPS) is 10.6. The van der Waals surface area contributed by atoms with E-state index in [2.05, 4.69) is 0 Å². The molecule has 0 unspecified atom stereocenters. The van der Waals surface area contributed by atoms with E-state index in [0.29, 0.717) is 0 Å². The fourth-order valence-corrected chi connectivity index (χ4v) is 1.57. The maximum absolute atomic E-state index is 10.4. The van der Waals surface area contributed by atoms with Crippen LogP contribution in [0.2, 0.25) is 0 Å². The highest BCUT2D eigenvalue weighted by Crippen LogP contribution is 2.24. The van der Waals surface area contributed by atoms with Gasteiger partial charge in [0.15, 0.2) is 0 Å². The third-order valence-corrected chi connectivity index (χ3v) is 2.11. The monoisotopic (exact) mass is 206 g/mol. The van der Waals surface area contributed by atoms with Crippen molar-refractivity contribution in [3.63, 3.8) is 0 Å². The van der Waals surface area contributed by atoms with Crippen molar-refractivity contribution in [2.45, 2.75) is 13.8 Å². The second-order valence-corrected chi connectivity index (χ2v) is 3.36. The number of carbonyl (C=O) groups is 1. The Morgan fingerprint density at radius 2 is 1.87 bits per heavy atom. The lowest BCUT2D eigenvalue weighted by molar-refractivity contribution is -0.131. The Balaban J connectivity index is 3.09. The molecule has 15 heavy (non-hydrogen) atoms. The van der Waals surface area contributed by atoms with Crippen LogP contribution < -0.4 is 4.74 Å². The molecule has 0 atom stereocenters. The summed E-state index contributed by atoms with van der Waals surface area (Å²) in [6.07, 6.45) is 2.70. The van der Waals surface area contributed by atoms with E-state index in [-0.39, 0.29) is 0 Å². The molecule has 0 saturated heterocycles. The number of methoxy groups -OCH3 is 1. The number of carboxylic acids is 1. The van der Waals surface area contributed by atoms with Crippen molar-refractivity contribution in [2.24, 2.45) is 0 Å². The lowest BCUT2D eigenvalue weighted by Crippen LogP contribution is -1.92. The molecule has 0 fully saturated rings. The van der Waals surface area contributed by atoms with Crippen LogP contribution in [-0.4, -0.2) is 18.2 Å². The summed E-state index contributed by atoms with van der Waals surface area (Å²) in [5.41, 5.74) is 2.87. The van der Waals surface area contributed by atoms with Crippen LogP contribution in [0.4, 0.5) is 0 Å². The molecule has 0 aromatic heterocycles. The van der Waals surface area contributed by atoms with Crippen LogP contribution >= 0.6 is 0 Å². The molecule has 0 spiro atoms. The third kappa shape index (κ3) is 2.84. The van der Waals surface area contributed by atoms with E-state index in [1.54, 1.807) is 13.2 Å². The van der Waals surface area contributed by atoms with Crippen LogP contribution in [0.5, 0.6) is 5.75 Å². The maximum Gasteiger partial charge on any atom is 0.328 e. The highest BCUT2D eigenvalue weighted by atomic mass is 16.5. The first kappa shape index (κ1) is 11.3. The smallest absolute Gasteiger partial charge is 0.328 e. The molecule has 0 aliphatic heterocycles. The SMILES string of the molecule is COc1c(C)cc(C=CC(=O)O)cc1C. The fraction of sp³-hybridized carbons (Fsp3) is 0.250. The molecule has 0 bridgehead atoms. The van der Waals surface area contributed by atoms with Gasteiger partial charge in [-0.1, -0.05) is 0 Å². The van der Waals surface area contributed by atoms with Crippen molar-refractivity contribution in [2.75, 3.05) is 7.11 Å². The summed E-state index contributed by atoms with van der Waals surface area (Å²) in [6.45, 7) is 3.87. The molecule has 3 nitrogen and oxygen atoms in total. The van der Waals surface area contributed by atoms with Crippen molar-refractivity contribution >= 4 is 12.0 Å². The highest BCUT2D eigenvalue weighted by molar-refractivity contribution is 5.85. The molecule has 1 rings (SSSR count). The number of benzene rings is 1. The zero-order valence-corrected chi connectivity index (χ0v) is 9.07. The number of hydrogen-bond acceptors (Lipinski definition) is 2. The minimum Gasteiger partial charge on any atom is -0.496 e. The van der Waals surface area contributed by atoms with Crippen LogP contribution in [0, 0.1) is 13.8 Å². The highest BCUT2D eigenvalue weighted by Gasteiger charge is 2.03. The first-order valence-corrected chi connectivity index (χ1v) is 4.61. The van der Waals surface area contributed by atoms with E-state index in [9.17, 15) is 4.79 Å². The van der Waals surface area contributed by atoms with Crippen LogP contribution in [0.25, 0.3) is 6.08 Å². The van der Waals surface area contributed by atoms with Gasteiger partial charge in [-0.3, -0.25) is 0 Å². The lowest BCUT2D eigenvalue weighted by Gasteiger charge is -2.09. The summed E-state index contributed by atoms with van der Waals surface area (Å²) in [5, 5.41) is 8.50. The van der Waals surface area contributed by atoms with Gasteiger partial charge in [-0.15, -0.1) is 0 Å². The number of aryl methyl sites for hydroxylation is 2. The van der Waals surface area contributed by atoms with E-state index in [0.717, 1.165) is 28.5 Å². The van der Waals surface area contributed by atoms with Crippen molar-refractivity contribution in [1.29, 1.82) is 0 Å². The predicted molar refractivity (Wildman–Crippen MR) is 59.1 cm³/mol. The van der Waals surface area contributed by atoms with Crippen LogP contribution in [0.1, 0.15) is 16.7 Å². The Bertz CT molecular complexity index is 382. The van der Waals surface area contributed by atoms with Crippen molar-refractivity contribution in [3.8, 4) is 5.75 Å². The largest absolute Gasteiger partial charge is 0.496 e. The maximum atomic E-state index is 10.4. The molecule has 0 saturated carbocycles. The van der Waals surface area contributed by atoms with Gasteiger partial charge in [-0.2, -0.15) is 0 Å². The molecule has 0 aliphatic carbocycles. The molecule has 0 radical (unpaired) electrons. The van der Waals surface area contributed by atoms with E-state index in [4.69, 9.17) is 9.84 Å². The van der Waals surface area contributed by atoms with Gasteiger partial charge in [0.05, 0.1) is 7.11 Å². The summed E-state index contributed by atoms with van der Waals surface area (Å²) < 4.78 is 5.22. The van der Waals surface area contributed by atoms with Crippen molar-refractivity contribution in [3.05, 3.63) is 34.9 Å². The zero-order valence-electron chi connectivity index (χ0n) is 9.07. The van der Waals surface area contributed by atoms with Crippen molar-refractivity contribution in [1.82, 2.24) is 0 Å². The summed E-state index contributed by atoms with van der Waals surface area (Å²) >= 11 is 0. The summed E-state index contributed by atoms with van der Waals surface area (Å²) in [4.78, 5) is 10.4. The third-order valence-electron chi connectivity index (χ3n) is 2.11. The topological polar surface area (TPSA) is 46.5 Å². The van der Waals surface area contributed by atoms with E-state index < -0.39 is 5.97 Å². The van der Waals surface area contributed by atoms with Gasteiger partial charge in [0.2, 0.25) is 0 Å². The Morgan fingerprint density at radius 1 is 1.33 bits per heavy atom. The first-order chi connectivity index (χ1) is 7.04. The van der Waals surface area contributed by atoms with E-state index in [1.165, 1.54) is 0 Å². The van der Waals surface area contributed by atoms with Crippen LogP contribution in [0.3, 0.4) is 0 Å². The number of carboxylic acid groups (broad SMARTS) is 1. The molecule has 80 valence electrons. The minimum absolute atomic E-state index is 0.850. The van der Waals surface area contributed by atoms with Crippen LogP contribution in [-0.2, 0) is 4.79 Å². The summed E-state index contributed by atoms with van der Waals surface area (Å²) in [5.74, 6) is -0.0939. The van der Waals surface area contributed by atoms with Gasteiger partial charge in [0.1, 0.15) is 5.75 Å². The zero-order chi connectivity index (χ0) is 11.4. The lowest BCUT2D eigenvalue weighted by atomic mass is 10.1. The minimum atomic E-state index is -0.943. The Kier molecular flexibility index (Phi) is 3.50. The molecule has 0 heterocycles. The van der Waals surface area contributed by atoms with Crippen LogP contribution in [0.15, 0.2) is 18.2 Å². The molecular weight excluding hydrogens is 192 g/mol. The molecular formula is C12H14O3. The average Bonchev–Trinajstić information content (AvgIpc) is 2.14. The molecule has 1 aromatic carbocycles. The number of ether oxygens (including phenoxy) is 1. The molecule has 1 aromatic rings. The average molecular weight is 206 g/mol. The second-order valence-electron chi connectivity index (χ2n) is 3.36.